The molecule has 0 radical (unpaired) electrons. The highest BCUT2D eigenvalue weighted by molar-refractivity contribution is 5.36. The minimum atomic E-state index is -4.89. The van der Waals surface area contributed by atoms with Crippen molar-refractivity contribution in [2.75, 3.05) is 0 Å². The topological polar surface area (TPSA) is 20.2 Å². The molecule has 0 aliphatic rings. The van der Waals surface area contributed by atoms with Crippen LogP contribution in [-0.4, -0.2) is 5.11 Å². The van der Waals surface area contributed by atoms with Gasteiger partial charge in [0.05, 0.1) is 0 Å². The Morgan fingerprint density at radius 3 is 2.08 bits per heavy atom. The molecule has 1 aromatic rings. The van der Waals surface area contributed by atoms with Gasteiger partial charge in [-0.2, -0.15) is 17.6 Å². The lowest BCUT2D eigenvalue weighted by molar-refractivity contribution is -0.139. The highest BCUT2D eigenvalue weighted by Gasteiger charge is 2.35. The standard InChI is InChI=1S/C7H3F5O/c8-4-2-1-3(7(10,11)12)6(13)5(4)9/h1-2,13H. The lowest BCUT2D eigenvalue weighted by atomic mass is 10.2. The molecule has 1 N–H and O–H groups in total. The highest BCUT2D eigenvalue weighted by Crippen LogP contribution is 2.37. The summed E-state index contributed by atoms with van der Waals surface area (Å²) in [6, 6.07) is 0.575. The Morgan fingerprint density at radius 2 is 1.62 bits per heavy atom. The third kappa shape index (κ3) is 1.71. The maximum Gasteiger partial charge on any atom is 0.420 e. The Kier molecular flexibility index (Phi) is 2.15. The largest absolute Gasteiger partial charge is 0.504 e. The molecular formula is C7H3F5O. The predicted molar refractivity (Wildman–Crippen MR) is 33.0 cm³/mol. The molecule has 0 unspecified atom stereocenters. The van der Waals surface area contributed by atoms with Crippen LogP contribution in [0.5, 0.6) is 5.75 Å². The number of hydrogen-bond donors (Lipinski definition) is 1. The molecule has 0 fully saturated rings. The second-order valence-corrected chi connectivity index (χ2v) is 2.26. The van der Waals surface area contributed by atoms with Crippen LogP contribution in [0, 0.1) is 11.6 Å². The smallest absolute Gasteiger partial charge is 0.420 e. The summed E-state index contributed by atoms with van der Waals surface area (Å²) in [6.45, 7) is 0. The van der Waals surface area contributed by atoms with Crippen molar-refractivity contribution in [2.24, 2.45) is 0 Å². The van der Waals surface area contributed by atoms with Gasteiger partial charge >= 0.3 is 6.18 Å². The van der Waals surface area contributed by atoms with Gasteiger partial charge in [-0.15, -0.1) is 0 Å². The van der Waals surface area contributed by atoms with Crippen LogP contribution in [0.15, 0.2) is 12.1 Å². The maximum atomic E-state index is 12.4. The average molecular weight is 198 g/mol. The second-order valence-electron chi connectivity index (χ2n) is 2.26. The lowest BCUT2D eigenvalue weighted by Gasteiger charge is -2.08. The zero-order valence-electron chi connectivity index (χ0n) is 5.99. The summed E-state index contributed by atoms with van der Waals surface area (Å²) < 4.78 is 60.4. The van der Waals surface area contributed by atoms with E-state index in [-0.39, 0.29) is 6.07 Å². The van der Waals surface area contributed by atoms with E-state index in [1.165, 1.54) is 0 Å². The van der Waals surface area contributed by atoms with Crippen LogP contribution in [0.4, 0.5) is 22.0 Å². The summed E-state index contributed by atoms with van der Waals surface area (Å²) >= 11 is 0. The molecule has 6 heteroatoms. The van der Waals surface area contributed by atoms with E-state index in [0.29, 0.717) is 6.07 Å². The molecule has 0 aromatic heterocycles. The minimum Gasteiger partial charge on any atom is -0.504 e. The molecule has 0 heterocycles. The highest BCUT2D eigenvalue weighted by atomic mass is 19.4. The van der Waals surface area contributed by atoms with Crippen molar-refractivity contribution in [1.29, 1.82) is 0 Å². The molecule has 1 nitrogen and oxygen atoms in total. The van der Waals surface area contributed by atoms with Crippen molar-refractivity contribution in [1.82, 2.24) is 0 Å². The van der Waals surface area contributed by atoms with Crippen molar-refractivity contribution in [3.8, 4) is 5.75 Å². The number of halogens is 5. The number of phenolic OH excluding ortho intramolecular Hbond substituents is 1. The van der Waals surface area contributed by atoms with Crippen molar-refractivity contribution in [3.63, 3.8) is 0 Å². The molecule has 0 aliphatic heterocycles. The summed E-state index contributed by atoms with van der Waals surface area (Å²) in [5, 5.41) is 8.58. The van der Waals surface area contributed by atoms with Gasteiger partial charge in [0.25, 0.3) is 0 Å². The Hall–Kier alpha value is -1.33. The molecule has 0 amide bonds. The molecule has 0 spiro atoms. The van der Waals surface area contributed by atoms with Crippen LogP contribution in [-0.2, 0) is 6.18 Å². The summed E-state index contributed by atoms with van der Waals surface area (Å²) in [7, 11) is 0. The minimum absolute atomic E-state index is 0.272. The summed E-state index contributed by atoms with van der Waals surface area (Å²) in [5.41, 5.74) is -1.59. The quantitative estimate of drug-likeness (QED) is 0.635. The summed E-state index contributed by atoms with van der Waals surface area (Å²) in [5.74, 6) is -5.13. The molecule has 72 valence electrons. The second kappa shape index (κ2) is 2.86. The van der Waals surface area contributed by atoms with E-state index >= 15 is 0 Å². The Morgan fingerprint density at radius 1 is 1.08 bits per heavy atom. The van der Waals surface area contributed by atoms with Crippen LogP contribution in [0.2, 0.25) is 0 Å². The molecule has 1 rings (SSSR count). The molecular weight excluding hydrogens is 195 g/mol. The summed E-state index contributed by atoms with van der Waals surface area (Å²) in [6.07, 6.45) is -4.89. The maximum absolute atomic E-state index is 12.4. The first-order chi connectivity index (χ1) is 5.84. The van der Waals surface area contributed by atoms with Gasteiger partial charge < -0.3 is 5.11 Å². The Labute approximate surface area is 69.4 Å². The number of hydrogen-bond acceptors (Lipinski definition) is 1. The number of benzene rings is 1. The third-order valence-electron chi connectivity index (χ3n) is 1.37. The number of alkyl halides is 3. The van der Waals surface area contributed by atoms with Gasteiger partial charge in [0.15, 0.2) is 11.6 Å². The zero-order valence-corrected chi connectivity index (χ0v) is 5.99. The average Bonchev–Trinajstić information content (AvgIpc) is 1.98. The van der Waals surface area contributed by atoms with Gasteiger partial charge in [0.2, 0.25) is 5.82 Å². The van der Waals surface area contributed by atoms with Crippen molar-refractivity contribution < 1.29 is 27.1 Å². The summed E-state index contributed by atoms with van der Waals surface area (Å²) in [4.78, 5) is 0. The van der Waals surface area contributed by atoms with E-state index in [9.17, 15) is 22.0 Å². The fourth-order valence-electron chi connectivity index (χ4n) is 0.769. The Bertz CT molecular complexity index is 330. The zero-order chi connectivity index (χ0) is 10.2. The SMILES string of the molecule is Oc1c(C(F)(F)F)ccc(F)c1F. The number of aromatic hydroxyl groups is 1. The van der Waals surface area contributed by atoms with E-state index in [1.54, 1.807) is 0 Å². The molecule has 0 atom stereocenters. The monoisotopic (exact) mass is 198 g/mol. The van der Waals surface area contributed by atoms with Gasteiger partial charge in [-0.25, -0.2) is 4.39 Å². The van der Waals surface area contributed by atoms with Gasteiger partial charge in [0, 0.05) is 0 Å². The van der Waals surface area contributed by atoms with E-state index in [2.05, 4.69) is 0 Å². The lowest BCUT2D eigenvalue weighted by Crippen LogP contribution is -2.06. The molecule has 0 aliphatic carbocycles. The first-order valence-electron chi connectivity index (χ1n) is 3.08. The predicted octanol–water partition coefficient (Wildman–Crippen LogP) is 2.69. The van der Waals surface area contributed by atoms with Crippen LogP contribution >= 0.6 is 0 Å². The normalized spacial score (nSPS) is 11.8. The van der Waals surface area contributed by atoms with E-state index in [1.807, 2.05) is 0 Å². The molecule has 0 saturated heterocycles. The number of phenols is 1. The van der Waals surface area contributed by atoms with E-state index < -0.39 is 29.1 Å². The van der Waals surface area contributed by atoms with Crippen molar-refractivity contribution >= 4 is 0 Å². The number of rotatable bonds is 0. The van der Waals surface area contributed by atoms with Crippen molar-refractivity contribution in [2.45, 2.75) is 6.18 Å². The fraction of sp³-hybridized carbons (Fsp3) is 0.143. The first-order valence-corrected chi connectivity index (χ1v) is 3.08. The molecule has 13 heavy (non-hydrogen) atoms. The van der Waals surface area contributed by atoms with E-state index in [0.717, 1.165) is 0 Å². The third-order valence-corrected chi connectivity index (χ3v) is 1.37. The van der Waals surface area contributed by atoms with Crippen LogP contribution < -0.4 is 0 Å². The molecule has 0 bridgehead atoms. The van der Waals surface area contributed by atoms with E-state index in [4.69, 9.17) is 5.11 Å². The fourth-order valence-corrected chi connectivity index (χ4v) is 0.769. The van der Waals surface area contributed by atoms with Gasteiger partial charge in [-0.3, -0.25) is 0 Å². The molecule has 1 aromatic carbocycles. The van der Waals surface area contributed by atoms with Gasteiger partial charge in [-0.05, 0) is 12.1 Å². The van der Waals surface area contributed by atoms with Crippen molar-refractivity contribution in [3.05, 3.63) is 29.3 Å². The molecule has 0 saturated carbocycles. The van der Waals surface area contributed by atoms with Crippen LogP contribution in [0.3, 0.4) is 0 Å². The van der Waals surface area contributed by atoms with Gasteiger partial charge in [0.1, 0.15) is 5.56 Å². The first kappa shape index (κ1) is 9.76. The van der Waals surface area contributed by atoms with Crippen LogP contribution in [0.25, 0.3) is 0 Å². The Balaban J connectivity index is 3.35. The van der Waals surface area contributed by atoms with Crippen LogP contribution in [0.1, 0.15) is 5.56 Å². The van der Waals surface area contributed by atoms with Gasteiger partial charge in [-0.1, -0.05) is 0 Å².